The van der Waals surface area contributed by atoms with Gasteiger partial charge in [-0.1, -0.05) is 12.1 Å². The summed E-state index contributed by atoms with van der Waals surface area (Å²) in [5, 5.41) is 10.9. The molecule has 3 rings (SSSR count). The molecule has 1 N–H and O–H groups in total. The van der Waals surface area contributed by atoms with Crippen LogP contribution in [0.5, 0.6) is 0 Å². The minimum atomic E-state index is -0.182. The van der Waals surface area contributed by atoms with Crippen LogP contribution in [0.1, 0.15) is 18.4 Å². The number of hydrogen-bond donors (Lipinski definition) is 1. The summed E-state index contributed by atoms with van der Waals surface area (Å²) in [7, 11) is 1.87. The monoisotopic (exact) mass is 313 g/mol. The maximum absolute atomic E-state index is 12.2. The van der Waals surface area contributed by atoms with Crippen molar-refractivity contribution in [2.45, 2.75) is 19.8 Å². The Balaban J connectivity index is 1.77. The Morgan fingerprint density at radius 1 is 1.39 bits per heavy atom. The second-order valence-corrected chi connectivity index (χ2v) is 5.71. The molecule has 0 aliphatic carbocycles. The van der Waals surface area contributed by atoms with E-state index in [2.05, 4.69) is 15.5 Å². The van der Waals surface area contributed by atoms with Crippen molar-refractivity contribution < 1.29 is 9.59 Å². The van der Waals surface area contributed by atoms with Crippen LogP contribution in [0.2, 0.25) is 0 Å². The third kappa shape index (κ3) is 3.08. The van der Waals surface area contributed by atoms with Gasteiger partial charge in [0.05, 0.1) is 6.54 Å². The number of carbonyl (C=O) groups is 2. The van der Waals surface area contributed by atoms with Crippen molar-refractivity contribution in [3.05, 3.63) is 30.1 Å². The molecule has 1 aromatic heterocycles. The van der Waals surface area contributed by atoms with Gasteiger partial charge in [0.1, 0.15) is 6.33 Å². The van der Waals surface area contributed by atoms with Crippen LogP contribution >= 0.6 is 0 Å². The van der Waals surface area contributed by atoms with Gasteiger partial charge >= 0.3 is 0 Å². The Bertz CT molecular complexity index is 753. The highest BCUT2D eigenvalue weighted by Gasteiger charge is 2.22. The van der Waals surface area contributed by atoms with Crippen molar-refractivity contribution in [1.29, 1.82) is 0 Å². The molecule has 0 atom stereocenters. The van der Waals surface area contributed by atoms with Crippen molar-refractivity contribution in [2.75, 3.05) is 18.4 Å². The summed E-state index contributed by atoms with van der Waals surface area (Å²) in [6.45, 7) is 2.69. The smallest absolute Gasteiger partial charge is 0.244 e. The van der Waals surface area contributed by atoms with Crippen LogP contribution in [0, 0.1) is 6.92 Å². The van der Waals surface area contributed by atoms with Gasteiger partial charge in [-0.05, 0) is 25.0 Å². The number of amides is 2. The van der Waals surface area contributed by atoms with Crippen LogP contribution in [-0.4, -0.2) is 44.6 Å². The van der Waals surface area contributed by atoms with Crippen LogP contribution in [0.25, 0.3) is 11.4 Å². The van der Waals surface area contributed by atoms with Gasteiger partial charge in [-0.15, -0.1) is 10.2 Å². The Kier molecular flexibility index (Phi) is 4.10. The fourth-order valence-corrected chi connectivity index (χ4v) is 2.77. The van der Waals surface area contributed by atoms with Crippen LogP contribution in [-0.2, 0) is 16.6 Å². The fraction of sp³-hybridized carbons (Fsp3) is 0.375. The molecule has 23 heavy (non-hydrogen) atoms. The molecule has 2 amide bonds. The van der Waals surface area contributed by atoms with Gasteiger partial charge in [0.25, 0.3) is 0 Å². The van der Waals surface area contributed by atoms with E-state index in [1.165, 1.54) is 0 Å². The van der Waals surface area contributed by atoms with Crippen molar-refractivity contribution in [1.82, 2.24) is 19.7 Å². The lowest BCUT2D eigenvalue weighted by Crippen LogP contribution is -2.34. The second kappa shape index (κ2) is 6.20. The molecule has 1 aromatic carbocycles. The quantitative estimate of drug-likeness (QED) is 0.924. The molecule has 1 aliphatic rings. The molecule has 2 heterocycles. The lowest BCUT2D eigenvalue weighted by atomic mass is 10.1. The first kappa shape index (κ1) is 15.2. The summed E-state index contributed by atoms with van der Waals surface area (Å²) in [5.41, 5.74) is 2.56. The summed E-state index contributed by atoms with van der Waals surface area (Å²) in [5.74, 6) is 0.608. The van der Waals surface area contributed by atoms with Gasteiger partial charge in [0.15, 0.2) is 5.82 Å². The first-order valence-corrected chi connectivity index (χ1v) is 7.58. The Hall–Kier alpha value is -2.70. The molecule has 0 radical (unpaired) electrons. The van der Waals surface area contributed by atoms with Crippen LogP contribution in [0.3, 0.4) is 0 Å². The summed E-state index contributed by atoms with van der Waals surface area (Å²) in [6.07, 6.45) is 3.00. The maximum Gasteiger partial charge on any atom is 0.244 e. The number of nitrogens with one attached hydrogen (secondary N) is 1. The molecule has 1 fully saturated rings. The molecule has 120 valence electrons. The van der Waals surface area contributed by atoms with E-state index in [-0.39, 0.29) is 18.4 Å². The van der Waals surface area contributed by atoms with E-state index in [9.17, 15) is 9.59 Å². The molecule has 0 spiro atoms. The third-order valence-electron chi connectivity index (χ3n) is 4.07. The zero-order valence-corrected chi connectivity index (χ0v) is 13.2. The predicted molar refractivity (Wildman–Crippen MR) is 85.6 cm³/mol. The average Bonchev–Trinajstić information content (AvgIpc) is 3.11. The number of nitrogens with zero attached hydrogens (tertiary/aromatic N) is 4. The minimum absolute atomic E-state index is 0.0460. The molecule has 1 saturated heterocycles. The molecular formula is C16H19N5O2. The number of rotatable bonds is 4. The average molecular weight is 313 g/mol. The molecule has 0 unspecified atom stereocenters. The minimum Gasteiger partial charge on any atom is -0.333 e. The molecule has 2 aromatic rings. The highest BCUT2D eigenvalue weighted by Crippen LogP contribution is 2.26. The number of carbonyl (C=O) groups excluding carboxylic acids is 2. The van der Waals surface area contributed by atoms with Crippen molar-refractivity contribution in [3.8, 4) is 11.4 Å². The molecule has 0 bridgehead atoms. The van der Waals surface area contributed by atoms with Crippen molar-refractivity contribution in [2.24, 2.45) is 7.05 Å². The van der Waals surface area contributed by atoms with E-state index >= 15 is 0 Å². The lowest BCUT2D eigenvalue weighted by molar-refractivity contribution is -0.131. The van der Waals surface area contributed by atoms with E-state index in [1.807, 2.05) is 36.7 Å². The van der Waals surface area contributed by atoms with Crippen LogP contribution in [0.15, 0.2) is 24.5 Å². The van der Waals surface area contributed by atoms with E-state index in [0.717, 1.165) is 29.1 Å². The fourth-order valence-electron chi connectivity index (χ4n) is 2.77. The van der Waals surface area contributed by atoms with Gasteiger partial charge in [0.2, 0.25) is 11.8 Å². The number of hydrogen-bond acceptors (Lipinski definition) is 4. The van der Waals surface area contributed by atoms with E-state index in [4.69, 9.17) is 0 Å². The first-order chi connectivity index (χ1) is 11.1. The standard InChI is InChI=1S/C16H19N5O2/c1-11-12(16-19-17-10-20(16)2)5-3-6-13(11)18-14(22)9-21-8-4-7-15(21)23/h3,5-6,10H,4,7-9H2,1-2H3,(H,18,22). The summed E-state index contributed by atoms with van der Waals surface area (Å²) >= 11 is 0. The Labute approximate surface area is 134 Å². The van der Waals surface area contributed by atoms with E-state index in [1.54, 1.807) is 11.2 Å². The normalized spacial score (nSPS) is 14.3. The van der Waals surface area contributed by atoms with E-state index < -0.39 is 0 Å². The Morgan fingerprint density at radius 2 is 2.22 bits per heavy atom. The maximum atomic E-state index is 12.2. The summed E-state index contributed by atoms with van der Waals surface area (Å²) in [6, 6.07) is 5.66. The highest BCUT2D eigenvalue weighted by atomic mass is 16.2. The third-order valence-corrected chi connectivity index (χ3v) is 4.07. The number of aryl methyl sites for hydroxylation is 1. The number of benzene rings is 1. The molecular weight excluding hydrogens is 294 g/mol. The number of likely N-dealkylation sites (tertiary alicyclic amines) is 1. The molecule has 7 heteroatoms. The van der Waals surface area contributed by atoms with Gasteiger partial charge in [0, 0.05) is 31.3 Å². The lowest BCUT2D eigenvalue weighted by Gasteiger charge is -2.16. The van der Waals surface area contributed by atoms with Crippen LogP contribution in [0.4, 0.5) is 5.69 Å². The van der Waals surface area contributed by atoms with Gasteiger partial charge in [-0.25, -0.2) is 0 Å². The van der Waals surface area contributed by atoms with Crippen molar-refractivity contribution >= 4 is 17.5 Å². The highest BCUT2D eigenvalue weighted by molar-refractivity contribution is 5.96. The van der Waals surface area contributed by atoms with E-state index in [0.29, 0.717) is 13.0 Å². The predicted octanol–water partition coefficient (Wildman–Crippen LogP) is 1.35. The second-order valence-electron chi connectivity index (χ2n) is 5.71. The van der Waals surface area contributed by atoms with Gasteiger partial charge < -0.3 is 14.8 Å². The van der Waals surface area contributed by atoms with Gasteiger partial charge in [-0.2, -0.15) is 0 Å². The molecule has 7 nitrogen and oxygen atoms in total. The SMILES string of the molecule is Cc1c(NC(=O)CN2CCCC2=O)cccc1-c1nncn1C. The number of aromatic nitrogens is 3. The Morgan fingerprint density at radius 3 is 2.87 bits per heavy atom. The molecule has 0 saturated carbocycles. The topological polar surface area (TPSA) is 80.1 Å². The molecule has 1 aliphatic heterocycles. The van der Waals surface area contributed by atoms with Crippen LogP contribution < -0.4 is 5.32 Å². The zero-order valence-electron chi connectivity index (χ0n) is 13.2. The summed E-state index contributed by atoms with van der Waals surface area (Å²) in [4.78, 5) is 25.4. The van der Waals surface area contributed by atoms with Gasteiger partial charge in [-0.3, -0.25) is 9.59 Å². The summed E-state index contributed by atoms with van der Waals surface area (Å²) < 4.78 is 1.83. The first-order valence-electron chi connectivity index (χ1n) is 7.58. The zero-order chi connectivity index (χ0) is 16.4. The largest absolute Gasteiger partial charge is 0.333 e. The van der Waals surface area contributed by atoms with Crippen molar-refractivity contribution in [3.63, 3.8) is 0 Å². The number of anilines is 1.